The molecular weight excluding hydrogens is 559 g/mol. The summed E-state index contributed by atoms with van der Waals surface area (Å²) >= 11 is 5.71. The molecule has 2 amide bonds. The van der Waals surface area contributed by atoms with Gasteiger partial charge in [0.2, 0.25) is 5.91 Å². The average molecular weight is 575 g/mol. The lowest BCUT2D eigenvalue weighted by Crippen LogP contribution is -2.37. The van der Waals surface area contributed by atoms with Crippen molar-refractivity contribution in [2.75, 3.05) is 9.96 Å². The Morgan fingerprint density at radius 1 is 0.833 bits per heavy atom. The van der Waals surface area contributed by atoms with Crippen LogP contribution in [0, 0.1) is 9.49 Å². The van der Waals surface area contributed by atoms with Gasteiger partial charge < -0.3 is 0 Å². The van der Waals surface area contributed by atoms with Crippen molar-refractivity contribution in [2.24, 2.45) is 5.92 Å². The number of para-hydroxylation sites is 1. The summed E-state index contributed by atoms with van der Waals surface area (Å²) in [6, 6.07) is 24.3. The second kappa shape index (κ2) is 7.79. The molecule has 0 aromatic heterocycles. The summed E-state index contributed by atoms with van der Waals surface area (Å²) in [6.45, 7) is 0. The van der Waals surface area contributed by atoms with Crippen LogP contribution in [0.1, 0.15) is 11.6 Å². The zero-order valence-corrected chi connectivity index (χ0v) is 19.4. The van der Waals surface area contributed by atoms with E-state index in [1.165, 1.54) is 4.90 Å². The molecular formula is C23H16BrIN2O3. The monoisotopic (exact) mass is 574 g/mol. The standard InChI is InChI=1S/C23H16BrIN2O3/c24-15-6-4-5-14(13-15)20-19-21(30-27(20)18-7-2-1-3-8-18)23(29)26(22(19)28)17-11-9-16(25)10-12-17/h1-13,19-21H/t19-,20-,21+/m0/s1. The third-order valence-electron chi connectivity index (χ3n) is 5.40. The second-order valence-electron chi connectivity index (χ2n) is 7.20. The minimum atomic E-state index is -0.860. The van der Waals surface area contributed by atoms with E-state index in [1.54, 1.807) is 17.2 Å². The van der Waals surface area contributed by atoms with Gasteiger partial charge in [-0.05, 0) is 76.7 Å². The Morgan fingerprint density at radius 2 is 1.57 bits per heavy atom. The van der Waals surface area contributed by atoms with Gasteiger partial charge in [0.25, 0.3) is 5.91 Å². The summed E-state index contributed by atoms with van der Waals surface area (Å²) in [5, 5.41) is 1.71. The second-order valence-corrected chi connectivity index (χ2v) is 9.36. The molecule has 3 aromatic rings. The number of rotatable bonds is 3. The van der Waals surface area contributed by atoms with Gasteiger partial charge in [0.15, 0.2) is 6.10 Å². The fourth-order valence-corrected chi connectivity index (χ4v) is 4.86. The molecule has 2 heterocycles. The highest BCUT2D eigenvalue weighted by Gasteiger charge is 2.60. The number of hydrogen-bond acceptors (Lipinski definition) is 4. The summed E-state index contributed by atoms with van der Waals surface area (Å²) in [7, 11) is 0. The third kappa shape index (κ3) is 3.25. The molecule has 5 nitrogen and oxygen atoms in total. The quantitative estimate of drug-likeness (QED) is 0.322. The Balaban J connectivity index is 1.59. The van der Waals surface area contributed by atoms with Crippen molar-refractivity contribution in [3.8, 4) is 0 Å². The normalized spacial score (nSPS) is 23.2. The van der Waals surface area contributed by atoms with Crippen LogP contribution in [0.2, 0.25) is 0 Å². The minimum absolute atomic E-state index is 0.241. The van der Waals surface area contributed by atoms with E-state index in [9.17, 15) is 9.59 Å². The molecule has 7 heteroatoms. The van der Waals surface area contributed by atoms with Gasteiger partial charge in [0, 0.05) is 8.04 Å². The number of nitrogens with zero attached hydrogens (tertiary/aromatic N) is 2. The topological polar surface area (TPSA) is 49.9 Å². The smallest absolute Gasteiger partial charge is 0.266 e. The van der Waals surface area contributed by atoms with Crippen LogP contribution < -0.4 is 9.96 Å². The molecule has 3 aromatic carbocycles. The van der Waals surface area contributed by atoms with Crippen LogP contribution in [0.5, 0.6) is 0 Å². The molecule has 0 spiro atoms. The molecule has 5 rings (SSSR count). The van der Waals surface area contributed by atoms with Crippen LogP contribution in [-0.4, -0.2) is 17.9 Å². The van der Waals surface area contributed by atoms with Crippen LogP contribution in [0.25, 0.3) is 0 Å². The number of hydrogen-bond donors (Lipinski definition) is 0. The summed E-state index contributed by atoms with van der Waals surface area (Å²) in [6.07, 6.45) is -0.860. The van der Waals surface area contributed by atoms with E-state index in [2.05, 4.69) is 38.5 Å². The summed E-state index contributed by atoms with van der Waals surface area (Å²) < 4.78 is 1.94. The summed E-state index contributed by atoms with van der Waals surface area (Å²) in [5.74, 6) is -1.20. The number of halogens is 2. The maximum atomic E-state index is 13.5. The van der Waals surface area contributed by atoms with E-state index >= 15 is 0 Å². The Kier molecular flexibility index (Phi) is 5.12. The summed E-state index contributed by atoms with van der Waals surface area (Å²) in [5.41, 5.74) is 2.28. The van der Waals surface area contributed by atoms with E-state index < -0.39 is 18.1 Å². The minimum Gasteiger partial charge on any atom is -0.273 e. The van der Waals surface area contributed by atoms with Crippen molar-refractivity contribution in [3.05, 3.63) is 92.5 Å². The van der Waals surface area contributed by atoms with Crippen molar-refractivity contribution >= 4 is 61.7 Å². The SMILES string of the molecule is O=C1[C@@H]2[C@@H](ON(c3ccccc3)[C@H]2c2cccc(Br)c2)C(=O)N1c1ccc(I)cc1. The van der Waals surface area contributed by atoms with Gasteiger partial charge in [0.1, 0.15) is 5.92 Å². The van der Waals surface area contributed by atoms with Crippen LogP contribution in [0.15, 0.2) is 83.3 Å². The van der Waals surface area contributed by atoms with Gasteiger partial charge in [0.05, 0.1) is 17.4 Å². The molecule has 3 atom stereocenters. The molecule has 0 bridgehead atoms. The molecule has 2 aliphatic heterocycles. The molecule has 0 aliphatic carbocycles. The third-order valence-corrected chi connectivity index (χ3v) is 6.61. The molecule has 2 saturated heterocycles. The van der Waals surface area contributed by atoms with Crippen LogP contribution in [0.3, 0.4) is 0 Å². The highest BCUT2D eigenvalue weighted by Crippen LogP contribution is 2.47. The van der Waals surface area contributed by atoms with Gasteiger partial charge in [-0.1, -0.05) is 46.3 Å². The van der Waals surface area contributed by atoms with E-state index in [4.69, 9.17) is 4.84 Å². The summed E-state index contributed by atoms with van der Waals surface area (Å²) in [4.78, 5) is 34.2. The van der Waals surface area contributed by atoms with Gasteiger partial charge in [-0.15, -0.1) is 0 Å². The first kappa shape index (κ1) is 19.7. The van der Waals surface area contributed by atoms with Gasteiger partial charge >= 0.3 is 0 Å². The predicted molar refractivity (Wildman–Crippen MR) is 126 cm³/mol. The molecule has 0 N–H and O–H groups in total. The highest BCUT2D eigenvalue weighted by atomic mass is 127. The number of amides is 2. The fraction of sp³-hybridized carbons (Fsp3) is 0.130. The lowest BCUT2D eigenvalue weighted by molar-refractivity contribution is -0.126. The molecule has 0 unspecified atom stereocenters. The lowest BCUT2D eigenvalue weighted by Gasteiger charge is -2.28. The van der Waals surface area contributed by atoms with Crippen LogP contribution in [0.4, 0.5) is 11.4 Å². The predicted octanol–water partition coefficient (Wildman–Crippen LogP) is 5.10. The van der Waals surface area contributed by atoms with E-state index in [0.717, 1.165) is 19.3 Å². The maximum absolute atomic E-state index is 13.5. The Bertz CT molecular complexity index is 1120. The molecule has 0 radical (unpaired) electrons. The number of carbonyl (C=O) groups is 2. The molecule has 2 fully saturated rings. The van der Waals surface area contributed by atoms with Crippen molar-refractivity contribution in [3.63, 3.8) is 0 Å². The fourth-order valence-electron chi connectivity index (χ4n) is 4.09. The first-order valence-corrected chi connectivity index (χ1v) is 11.3. The van der Waals surface area contributed by atoms with Gasteiger partial charge in [-0.2, -0.15) is 0 Å². The van der Waals surface area contributed by atoms with Crippen molar-refractivity contribution < 1.29 is 14.4 Å². The van der Waals surface area contributed by atoms with E-state index in [-0.39, 0.29) is 11.8 Å². The number of carbonyl (C=O) groups excluding carboxylic acids is 2. The Morgan fingerprint density at radius 3 is 2.27 bits per heavy atom. The number of benzene rings is 3. The number of imide groups is 1. The van der Waals surface area contributed by atoms with E-state index in [0.29, 0.717) is 5.69 Å². The zero-order valence-electron chi connectivity index (χ0n) is 15.6. The average Bonchev–Trinajstić information content (AvgIpc) is 3.26. The largest absolute Gasteiger partial charge is 0.273 e. The Labute approximate surface area is 195 Å². The Hall–Kier alpha value is -2.23. The van der Waals surface area contributed by atoms with Crippen molar-refractivity contribution in [1.82, 2.24) is 0 Å². The van der Waals surface area contributed by atoms with Gasteiger partial charge in [-0.3, -0.25) is 14.4 Å². The first-order valence-electron chi connectivity index (χ1n) is 9.44. The highest BCUT2D eigenvalue weighted by molar-refractivity contribution is 14.1. The number of fused-ring (bicyclic) bond motifs is 1. The maximum Gasteiger partial charge on any atom is 0.266 e. The molecule has 2 aliphatic rings. The van der Waals surface area contributed by atoms with Crippen LogP contribution >= 0.6 is 38.5 Å². The first-order chi connectivity index (χ1) is 14.5. The molecule has 150 valence electrons. The molecule has 0 saturated carbocycles. The van der Waals surface area contributed by atoms with Crippen LogP contribution in [-0.2, 0) is 14.4 Å². The number of hydroxylamine groups is 1. The lowest BCUT2D eigenvalue weighted by atomic mass is 9.90. The van der Waals surface area contributed by atoms with Crippen molar-refractivity contribution in [2.45, 2.75) is 12.1 Å². The molecule has 30 heavy (non-hydrogen) atoms. The van der Waals surface area contributed by atoms with Gasteiger partial charge in [-0.25, -0.2) is 9.96 Å². The number of anilines is 2. The van der Waals surface area contributed by atoms with E-state index in [1.807, 2.05) is 66.7 Å². The zero-order chi connectivity index (χ0) is 20.8. The van der Waals surface area contributed by atoms with Crippen molar-refractivity contribution in [1.29, 1.82) is 0 Å².